The van der Waals surface area contributed by atoms with Crippen molar-refractivity contribution in [2.45, 2.75) is 17.8 Å². The number of rotatable bonds is 5. The van der Waals surface area contributed by atoms with Crippen LogP contribution in [0, 0.1) is 6.92 Å². The molecule has 3 heterocycles. The average molecular weight is 368 g/mol. The smallest absolute Gasteiger partial charge is 0.322 e. The molecule has 0 aliphatic carbocycles. The molecule has 0 amide bonds. The summed E-state index contributed by atoms with van der Waals surface area (Å²) < 4.78 is 35.7. The molecule has 1 atom stereocenters. The van der Waals surface area contributed by atoms with Crippen LogP contribution in [-0.4, -0.2) is 31.2 Å². The third kappa shape index (κ3) is 3.07. The molecule has 26 heavy (non-hydrogen) atoms. The van der Waals surface area contributed by atoms with Gasteiger partial charge in [0.1, 0.15) is 5.75 Å². The Balaban J connectivity index is 1.64. The standard InChI is InChI=1S/C19H18N4O2S/c1-13-17(20-8-7-18(13)25-2)12-26(24)19-21-15-6-5-14(11-16(15)22-19)23-9-3-4-10-23/h3-11H,12H2,1-2H3,(H,21,22)/i7D,8D. The fourth-order valence-electron chi connectivity index (χ4n) is 2.74. The highest BCUT2D eigenvalue weighted by atomic mass is 32.2. The van der Waals surface area contributed by atoms with E-state index in [1.54, 1.807) is 6.92 Å². The Hall–Kier alpha value is -2.77. The zero-order valence-corrected chi connectivity index (χ0v) is 15.1. The van der Waals surface area contributed by atoms with Crippen molar-refractivity contribution in [2.75, 3.05) is 7.11 Å². The van der Waals surface area contributed by atoms with Crippen LogP contribution in [-0.2, 0) is 16.9 Å². The molecule has 1 unspecified atom stereocenters. The molecule has 0 aliphatic rings. The van der Waals surface area contributed by atoms with Gasteiger partial charge in [0.2, 0.25) is 0 Å². The van der Waals surface area contributed by atoms with E-state index in [9.17, 15) is 4.55 Å². The third-order valence-electron chi connectivity index (χ3n) is 4.17. The molecule has 0 radical (unpaired) electrons. The van der Waals surface area contributed by atoms with Crippen molar-refractivity contribution >= 4 is 22.2 Å². The van der Waals surface area contributed by atoms with E-state index in [1.807, 2.05) is 47.3 Å². The van der Waals surface area contributed by atoms with Crippen molar-refractivity contribution in [3.8, 4) is 11.4 Å². The SMILES string of the molecule is [2H]c1nc(C[S+]([O-])c2nc3cc(-n4cccc4)ccc3[nH]2)c(C)c(OC)c1[2H]. The molecule has 3 aromatic heterocycles. The number of ether oxygens (including phenoxy) is 1. The van der Waals surface area contributed by atoms with Crippen molar-refractivity contribution in [1.82, 2.24) is 19.5 Å². The summed E-state index contributed by atoms with van der Waals surface area (Å²) in [6.45, 7) is 1.75. The van der Waals surface area contributed by atoms with E-state index >= 15 is 0 Å². The summed E-state index contributed by atoms with van der Waals surface area (Å²) in [6.07, 6.45) is 3.70. The molecule has 132 valence electrons. The van der Waals surface area contributed by atoms with Crippen LogP contribution in [0.25, 0.3) is 16.7 Å². The van der Waals surface area contributed by atoms with Gasteiger partial charge < -0.3 is 13.9 Å². The second-order valence-corrected chi connectivity index (χ2v) is 7.14. The number of hydrogen-bond donors (Lipinski definition) is 1. The second-order valence-electron chi connectivity index (χ2n) is 5.78. The summed E-state index contributed by atoms with van der Waals surface area (Å²) in [7, 11) is 1.45. The number of nitrogens with zero attached hydrogens (tertiary/aromatic N) is 3. The first kappa shape index (κ1) is 14.4. The molecule has 0 bridgehead atoms. The average Bonchev–Trinajstić information content (AvgIpc) is 3.35. The molecule has 0 saturated heterocycles. The first-order chi connectivity index (χ1) is 13.5. The van der Waals surface area contributed by atoms with Crippen LogP contribution >= 0.6 is 0 Å². The van der Waals surface area contributed by atoms with E-state index < -0.39 is 11.2 Å². The molecule has 6 nitrogen and oxygen atoms in total. The minimum atomic E-state index is -1.48. The molecule has 1 N–H and O–H groups in total. The van der Waals surface area contributed by atoms with E-state index in [0.717, 1.165) is 16.7 Å². The number of pyridine rings is 1. The van der Waals surface area contributed by atoms with Gasteiger partial charge in [0.25, 0.3) is 0 Å². The molecule has 0 fully saturated rings. The zero-order chi connectivity index (χ0) is 19.8. The van der Waals surface area contributed by atoms with E-state index in [0.29, 0.717) is 16.4 Å². The summed E-state index contributed by atoms with van der Waals surface area (Å²) in [4.78, 5) is 11.7. The molecule has 4 rings (SSSR count). The predicted molar refractivity (Wildman–Crippen MR) is 101 cm³/mol. The summed E-state index contributed by atoms with van der Waals surface area (Å²) in [6, 6.07) is 9.61. The van der Waals surface area contributed by atoms with Gasteiger partial charge in [-0.15, -0.1) is 0 Å². The van der Waals surface area contributed by atoms with E-state index in [2.05, 4.69) is 15.0 Å². The van der Waals surface area contributed by atoms with E-state index in [1.165, 1.54) is 7.11 Å². The van der Waals surface area contributed by atoms with Gasteiger partial charge in [-0.25, -0.2) is 0 Å². The van der Waals surface area contributed by atoms with Crippen LogP contribution in [0.1, 0.15) is 14.0 Å². The first-order valence-electron chi connectivity index (χ1n) is 9.00. The maximum absolute atomic E-state index is 12.9. The van der Waals surface area contributed by atoms with Crippen molar-refractivity contribution in [2.24, 2.45) is 0 Å². The Morgan fingerprint density at radius 3 is 2.92 bits per heavy atom. The van der Waals surface area contributed by atoms with E-state index in [4.69, 9.17) is 7.48 Å². The topological polar surface area (TPSA) is 78.8 Å². The van der Waals surface area contributed by atoms with Gasteiger partial charge in [-0.05, 0) is 43.3 Å². The third-order valence-corrected chi connectivity index (χ3v) is 5.33. The number of hydrogen-bond acceptors (Lipinski definition) is 4. The molecule has 0 aliphatic heterocycles. The van der Waals surface area contributed by atoms with Gasteiger partial charge in [0.15, 0.2) is 5.75 Å². The van der Waals surface area contributed by atoms with Gasteiger partial charge in [-0.3, -0.25) is 9.97 Å². The molecular formula is C19H18N4O2S. The van der Waals surface area contributed by atoms with Crippen LogP contribution in [0.4, 0.5) is 0 Å². The number of imidazole rings is 1. The maximum atomic E-state index is 12.9. The Morgan fingerprint density at radius 2 is 2.15 bits per heavy atom. The summed E-state index contributed by atoms with van der Waals surface area (Å²) in [5.41, 5.74) is 3.56. The molecular weight excluding hydrogens is 348 g/mol. The van der Waals surface area contributed by atoms with Crippen molar-refractivity contribution in [1.29, 1.82) is 0 Å². The predicted octanol–water partition coefficient (Wildman–Crippen LogP) is 3.37. The largest absolute Gasteiger partial charge is 0.609 e. The molecule has 1 aromatic carbocycles. The number of aromatic amines is 1. The van der Waals surface area contributed by atoms with E-state index in [-0.39, 0.29) is 23.7 Å². The van der Waals surface area contributed by atoms with Gasteiger partial charge in [-0.1, -0.05) is 0 Å². The van der Waals surface area contributed by atoms with Crippen molar-refractivity contribution < 1.29 is 12.0 Å². The van der Waals surface area contributed by atoms with Gasteiger partial charge >= 0.3 is 5.16 Å². The highest BCUT2D eigenvalue weighted by Crippen LogP contribution is 2.24. The number of aromatic nitrogens is 4. The van der Waals surface area contributed by atoms with Crippen LogP contribution in [0.3, 0.4) is 0 Å². The number of fused-ring (bicyclic) bond motifs is 1. The van der Waals surface area contributed by atoms with Crippen LogP contribution in [0.5, 0.6) is 5.75 Å². The maximum Gasteiger partial charge on any atom is 0.322 e. The summed E-state index contributed by atoms with van der Waals surface area (Å²) >= 11 is -1.48. The monoisotopic (exact) mass is 368 g/mol. The first-order valence-corrected chi connectivity index (χ1v) is 9.32. The molecule has 0 saturated carbocycles. The minimum absolute atomic E-state index is 0.0733. The Morgan fingerprint density at radius 1 is 1.35 bits per heavy atom. The lowest BCUT2D eigenvalue weighted by molar-refractivity contribution is 0.410. The summed E-state index contributed by atoms with van der Waals surface area (Å²) in [5, 5.41) is 0.348. The molecule has 0 spiro atoms. The number of methoxy groups -OCH3 is 1. The van der Waals surface area contributed by atoms with Crippen LogP contribution in [0.2, 0.25) is 0 Å². The normalized spacial score (nSPS) is 13.5. The Kier molecular flexibility index (Phi) is 3.80. The second kappa shape index (κ2) is 6.86. The Labute approximate surface area is 156 Å². The number of nitrogens with one attached hydrogen (secondary N) is 1. The van der Waals surface area contributed by atoms with Crippen molar-refractivity contribution in [3.05, 3.63) is 66.2 Å². The fourth-order valence-corrected chi connectivity index (χ4v) is 3.83. The zero-order valence-electron chi connectivity index (χ0n) is 16.3. The highest BCUT2D eigenvalue weighted by Gasteiger charge is 2.20. The summed E-state index contributed by atoms with van der Waals surface area (Å²) in [5.74, 6) is 0.367. The molecule has 4 aromatic rings. The number of benzene rings is 1. The van der Waals surface area contributed by atoms with Gasteiger partial charge in [0, 0.05) is 41.0 Å². The van der Waals surface area contributed by atoms with Crippen LogP contribution in [0.15, 0.2) is 60.1 Å². The van der Waals surface area contributed by atoms with Crippen molar-refractivity contribution in [3.63, 3.8) is 0 Å². The minimum Gasteiger partial charge on any atom is -0.609 e. The van der Waals surface area contributed by atoms with Gasteiger partial charge in [0.05, 0.1) is 26.6 Å². The Bertz CT molecular complexity index is 1140. The highest BCUT2D eigenvalue weighted by molar-refractivity contribution is 7.90. The fraction of sp³-hybridized carbons (Fsp3) is 0.158. The number of H-pyrrole nitrogens is 1. The lowest BCUT2D eigenvalue weighted by atomic mass is 10.2. The quantitative estimate of drug-likeness (QED) is 0.548. The van der Waals surface area contributed by atoms with Gasteiger partial charge in [-0.2, -0.15) is 4.98 Å². The lowest BCUT2D eigenvalue weighted by Gasteiger charge is -2.10. The lowest BCUT2D eigenvalue weighted by Crippen LogP contribution is -2.10. The molecule has 7 heteroatoms. The van der Waals surface area contributed by atoms with Crippen LogP contribution < -0.4 is 4.74 Å².